The minimum atomic E-state index is 0.231. The summed E-state index contributed by atoms with van der Waals surface area (Å²) in [5.74, 6) is 0.897. The minimum Gasteiger partial charge on any atom is -0.303 e. The Morgan fingerprint density at radius 3 is 2.90 bits per heavy atom. The van der Waals surface area contributed by atoms with Gasteiger partial charge in [-0.2, -0.15) is 0 Å². The molecule has 1 aromatic heterocycles. The zero-order valence-electron chi connectivity index (χ0n) is 12.6. The van der Waals surface area contributed by atoms with E-state index >= 15 is 0 Å². The molecule has 0 spiro atoms. The van der Waals surface area contributed by atoms with Gasteiger partial charge in [-0.3, -0.25) is 0 Å². The maximum atomic E-state index is 5.09. The molecule has 2 fully saturated rings. The lowest BCUT2D eigenvalue weighted by molar-refractivity contribution is 0.172. The van der Waals surface area contributed by atoms with Crippen molar-refractivity contribution in [3.63, 3.8) is 0 Å². The highest BCUT2D eigenvalue weighted by Crippen LogP contribution is 2.45. The van der Waals surface area contributed by atoms with E-state index in [4.69, 9.17) is 4.98 Å². The Bertz CT molecular complexity index is 470. The van der Waals surface area contributed by atoms with Gasteiger partial charge in [-0.15, -0.1) is 11.3 Å². The summed E-state index contributed by atoms with van der Waals surface area (Å²) in [6, 6.07) is 0.782. The van der Waals surface area contributed by atoms with Gasteiger partial charge in [0.1, 0.15) is 5.01 Å². The van der Waals surface area contributed by atoms with Crippen LogP contribution in [0.2, 0.25) is 0 Å². The van der Waals surface area contributed by atoms with Crippen molar-refractivity contribution in [2.24, 2.45) is 5.92 Å². The van der Waals surface area contributed by atoms with Crippen LogP contribution in [0, 0.1) is 5.92 Å². The number of aryl methyl sites for hydroxylation is 2. The summed E-state index contributed by atoms with van der Waals surface area (Å²) in [6.07, 6.45) is 13.4. The molecule has 2 atom stereocenters. The van der Waals surface area contributed by atoms with E-state index < -0.39 is 0 Å². The van der Waals surface area contributed by atoms with Gasteiger partial charge in [0.15, 0.2) is 0 Å². The Labute approximate surface area is 126 Å². The van der Waals surface area contributed by atoms with Crippen molar-refractivity contribution in [3.05, 3.63) is 15.6 Å². The molecule has 0 aromatic carbocycles. The summed E-state index contributed by atoms with van der Waals surface area (Å²) in [6.45, 7) is 2.36. The quantitative estimate of drug-likeness (QED) is 0.900. The summed E-state index contributed by atoms with van der Waals surface area (Å²) in [4.78, 5) is 6.69. The van der Waals surface area contributed by atoms with Crippen LogP contribution in [0.15, 0.2) is 0 Å². The second-order valence-electron chi connectivity index (χ2n) is 7.11. The molecular weight excluding hydrogens is 264 g/mol. The third-order valence-electron chi connectivity index (χ3n) is 5.49. The Morgan fingerprint density at radius 1 is 1.25 bits per heavy atom. The van der Waals surface area contributed by atoms with Gasteiger partial charge in [0.05, 0.1) is 11.2 Å². The van der Waals surface area contributed by atoms with Crippen LogP contribution in [0.1, 0.15) is 73.9 Å². The molecule has 3 aliphatic rings. The summed E-state index contributed by atoms with van der Waals surface area (Å²) < 4.78 is 0. The molecule has 4 rings (SSSR count). The first-order valence-corrected chi connectivity index (χ1v) is 9.37. The summed E-state index contributed by atoms with van der Waals surface area (Å²) in [5.41, 5.74) is 1.66. The van der Waals surface area contributed by atoms with E-state index in [1.165, 1.54) is 74.9 Å². The van der Waals surface area contributed by atoms with E-state index in [0.29, 0.717) is 0 Å². The molecule has 3 aliphatic carbocycles. The molecule has 0 bridgehead atoms. The molecule has 0 radical (unpaired) electrons. The molecule has 3 heteroatoms. The normalized spacial score (nSPS) is 33.4. The van der Waals surface area contributed by atoms with Gasteiger partial charge in [-0.25, -0.2) is 4.98 Å². The minimum absolute atomic E-state index is 0.231. The van der Waals surface area contributed by atoms with Gasteiger partial charge in [0.25, 0.3) is 0 Å². The molecule has 0 aliphatic heterocycles. The van der Waals surface area contributed by atoms with Crippen molar-refractivity contribution in [1.29, 1.82) is 0 Å². The van der Waals surface area contributed by atoms with Crippen molar-refractivity contribution in [3.8, 4) is 0 Å². The largest absolute Gasteiger partial charge is 0.303 e. The predicted molar refractivity (Wildman–Crippen MR) is 84.2 cm³/mol. The average molecular weight is 290 g/mol. The van der Waals surface area contributed by atoms with Crippen LogP contribution in [-0.4, -0.2) is 11.0 Å². The van der Waals surface area contributed by atoms with E-state index in [0.717, 1.165) is 12.0 Å². The van der Waals surface area contributed by atoms with Gasteiger partial charge < -0.3 is 5.32 Å². The van der Waals surface area contributed by atoms with Crippen molar-refractivity contribution in [2.45, 2.75) is 82.7 Å². The number of hydrogen-bond donors (Lipinski definition) is 1. The Kier molecular flexibility index (Phi) is 3.38. The summed E-state index contributed by atoms with van der Waals surface area (Å²) >= 11 is 2.04. The third-order valence-corrected chi connectivity index (χ3v) is 6.85. The molecule has 0 saturated heterocycles. The number of aromatic nitrogens is 1. The fourth-order valence-electron chi connectivity index (χ4n) is 4.14. The van der Waals surface area contributed by atoms with Crippen molar-refractivity contribution < 1.29 is 0 Å². The number of nitrogens with one attached hydrogen (secondary N) is 1. The molecular formula is C17H26N2S. The van der Waals surface area contributed by atoms with Crippen LogP contribution in [0.25, 0.3) is 0 Å². The third kappa shape index (κ3) is 2.33. The number of rotatable bonds is 4. The van der Waals surface area contributed by atoms with Gasteiger partial charge in [0, 0.05) is 10.9 Å². The van der Waals surface area contributed by atoms with Crippen LogP contribution in [-0.2, 0) is 18.4 Å². The molecule has 2 saturated carbocycles. The second-order valence-corrected chi connectivity index (χ2v) is 8.20. The van der Waals surface area contributed by atoms with Crippen LogP contribution in [0.4, 0.5) is 0 Å². The number of nitrogens with zero attached hydrogens (tertiary/aromatic N) is 1. The number of thiazole rings is 1. The predicted octanol–water partition coefficient (Wildman–Crippen LogP) is 4.18. The van der Waals surface area contributed by atoms with E-state index in [9.17, 15) is 0 Å². The van der Waals surface area contributed by atoms with Gasteiger partial charge in [-0.05, 0) is 50.9 Å². The van der Waals surface area contributed by atoms with E-state index in [1.54, 1.807) is 4.88 Å². The molecule has 2 nitrogen and oxygen atoms in total. The lowest BCUT2D eigenvalue weighted by atomic mass is 9.75. The van der Waals surface area contributed by atoms with Crippen LogP contribution in [0.5, 0.6) is 0 Å². The van der Waals surface area contributed by atoms with Crippen LogP contribution >= 0.6 is 11.3 Å². The van der Waals surface area contributed by atoms with E-state index in [2.05, 4.69) is 12.2 Å². The zero-order chi connectivity index (χ0) is 13.6. The summed E-state index contributed by atoms with van der Waals surface area (Å²) in [5, 5.41) is 5.46. The molecule has 1 heterocycles. The Morgan fingerprint density at radius 2 is 2.15 bits per heavy atom. The Hall–Kier alpha value is -0.410. The van der Waals surface area contributed by atoms with Gasteiger partial charge in [0.2, 0.25) is 0 Å². The number of hydrogen-bond acceptors (Lipinski definition) is 3. The molecule has 110 valence electrons. The first kappa shape index (κ1) is 13.3. The zero-order valence-corrected chi connectivity index (χ0v) is 13.4. The lowest BCUT2D eigenvalue weighted by Gasteiger charge is -2.40. The first-order valence-electron chi connectivity index (χ1n) is 8.56. The highest BCUT2D eigenvalue weighted by molar-refractivity contribution is 7.12. The molecule has 1 N–H and O–H groups in total. The van der Waals surface area contributed by atoms with Crippen LogP contribution in [0.3, 0.4) is 0 Å². The maximum Gasteiger partial charge on any atom is 0.113 e. The van der Waals surface area contributed by atoms with Crippen LogP contribution < -0.4 is 5.32 Å². The monoisotopic (exact) mass is 290 g/mol. The lowest BCUT2D eigenvalue weighted by Crippen LogP contribution is -2.47. The SMILES string of the molecule is CCC1CCCC(NC2CC2)(c2nc3c(s2)CCC3)C1. The standard InChI is InChI=1S/C17H26N2S/c1-2-12-5-4-10-17(11-12,19-13-8-9-13)16-18-14-6-3-7-15(14)20-16/h12-13,19H,2-11H2,1H3. The fraction of sp³-hybridized carbons (Fsp3) is 0.824. The van der Waals surface area contributed by atoms with E-state index in [1.807, 2.05) is 11.3 Å². The highest BCUT2D eigenvalue weighted by Gasteiger charge is 2.43. The molecule has 1 aromatic rings. The molecule has 0 amide bonds. The van der Waals surface area contributed by atoms with Crippen molar-refractivity contribution >= 4 is 11.3 Å². The maximum absolute atomic E-state index is 5.09. The smallest absolute Gasteiger partial charge is 0.113 e. The molecule has 20 heavy (non-hydrogen) atoms. The second kappa shape index (κ2) is 5.10. The van der Waals surface area contributed by atoms with Crippen molar-refractivity contribution in [1.82, 2.24) is 10.3 Å². The van der Waals surface area contributed by atoms with Crippen molar-refractivity contribution in [2.75, 3.05) is 0 Å². The fourth-order valence-corrected chi connectivity index (χ4v) is 5.48. The first-order chi connectivity index (χ1) is 9.79. The highest BCUT2D eigenvalue weighted by atomic mass is 32.1. The number of fused-ring (bicyclic) bond motifs is 1. The van der Waals surface area contributed by atoms with Gasteiger partial charge in [-0.1, -0.05) is 26.2 Å². The Balaban J connectivity index is 1.65. The summed E-state index contributed by atoms with van der Waals surface area (Å²) in [7, 11) is 0. The van der Waals surface area contributed by atoms with Gasteiger partial charge >= 0.3 is 0 Å². The topological polar surface area (TPSA) is 24.9 Å². The molecule has 2 unspecified atom stereocenters. The average Bonchev–Trinajstić information content (AvgIpc) is 3.00. The van der Waals surface area contributed by atoms with E-state index in [-0.39, 0.29) is 5.54 Å².